The molecule has 23 heavy (non-hydrogen) atoms. The van der Waals surface area contributed by atoms with Crippen LogP contribution in [0.1, 0.15) is 31.7 Å². The molecule has 1 aromatic carbocycles. The molecule has 0 saturated heterocycles. The van der Waals surface area contributed by atoms with Crippen LogP contribution >= 0.6 is 0 Å². The SMILES string of the molecule is COc1cc(OCCC(C)(C)O)cc(-c2cc(C)nc(C)c2)c1. The average molecular weight is 315 g/mol. The topological polar surface area (TPSA) is 51.6 Å². The predicted octanol–water partition coefficient (Wildman–Crippen LogP) is 3.91. The molecule has 4 nitrogen and oxygen atoms in total. The number of aliphatic hydroxyl groups is 1. The Hall–Kier alpha value is -2.07. The molecule has 0 radical (unpaired) electrons. The van der Waals surface area contributed by atoms with E-state index in [1.807, 2.05) is 44.2 Å². The first-order valence-electron chi connectivity index (χ1n) is 7.77. The van der Waals surface area contributed by atoms with Gasteiger partial charge in [-0.15, -0.1) is 0 Å². The third-order valence-electron chi connectivity index (χ3n) is 3.51. The molecular formula is C19H25NO3. The number of ether oxygens (including phenoxy) is 2. The van der Waals surface area contributed by atoms with Gasteiger partial charge in [-0.05, 0) is 63.1 Å². The van der Waals surface area contributed by atoms with E-state index >= 15 is 0 Å². The standard InChI is InChI=1S/C19H25NO3/c1-13-8-15(9-14(2)20-13)16-10-17(22-5)12-18(11-16)23-7-6-19(3,4)21/h8-12,21H,6-7H2,1-5H3. The van der Waals surface area contributed by atoms with E-state index in [2.05, 4.69) is 4.98 Å². The Morgan fingerprint density at radius 1 is 0.957 bits per heavy atom. The Balaban J connectivity index is 2.28. The molecule has 2 aromatic rings. The van der Waals surface area contributed by atoms with Gasteiger partial charge in [0.15, 0.2) is 0 Å². The van der Waals surface area contributed by atoms with Crippen molar-refractivity contribution in [2.45, 2.75) is 39.7 Å². The second kappa shape index (κ2) is 7.01. The van der Waals surface area contributed by atoms with E-state index in [0.29, 0.717) is 13.0 Å². The van der Waals surface area contributed by atoms with Gasteiger partial charge in [0.2, 0.25) is 0 Å². The summed E-state index contributed by atoms with van der Waals surface area (Å²) in [5.74, 6) is 1.48. The summed E-state index contributed by atoms with van der Waals surface area (Å²) >= 11 is 0. The highest BCUT2D eigenvalue weighted by Crippen LogP contribution is 2.30. The van der Waals surface area contributed by atoms with E-state index in [1.54, 1.807) is 21.0 Å². The van der Waals surface area contributed by atoms with Crippen LogP contribution in [0.5, 0.6) is 11.5 Å². The minimum atomic E-state index is -0.735. The smallest absolute Gasteiger partial charge is 0.123 e. The number of rotatable bonds is 6. The van der Waals surface area contributed by atoms with Crippen molar-refractivity contribution >= 4 is 0 Å². The molecule has 0 bridgehead atoms. The molecule has 2 rings (SSSR count). The first-order valence-corrected chi connectivity index (χ1v) is 7.77. The normalized spacial score (nSPS) is 11.4. The molecule has 1 heterocycles. The van der Waals surface area contributed by atoms with Crippen molar-refractivity contribution in [1.82, 2.24) is 4.98 Å². The lowest BCUT2D eigenvalue weighted by Gasteiger charge is -2.17. The van der Waals surface area contributed by atoms with E-state index in [0.717, 1.165) is 34.0 Å². The molecule has 0 unspecified atom stereocenters. The highest BCUT2D eigenvalue weighted by Gasteiger charge is 2.13. The summed E-state index contributed by atoms with van der Waals surface area (Å²) in [7, 11) is 1.64. The number of nitrogens with zero attached hydrogens (tertiary/aromatic N) is 1. The quantitative estimate of drug-likeness (QED) is 0.878. The highest BCUT2D eigenvalue weighted by atomic mass is 16.5. The Morgan fingerprint density at radius 2 is 1.52 bits per heavy atom. The van der Waals surface area contributed by atoms with Gasteiger partial charge in [-0.2, -0.15) is 0 Å². The maximum atomic E-state index is 9.78. The summed E-state index contributed by atoms with van der Waals surface area (Å²) in [6.07, 6.45) is 0.563. The summed E-state index contributed by atoms with van der Waals surface area (Å²) in [4.78, 5) is 4.41. The lowest BCUT2D eigenvalue weighted by Crippen LogP contribution is -2.21. The van der Waals surface area contributed by atoms with Crippen LogP contribution in [0.4, 0.5) is 0 Å². The Kier molecular flexibility index (Phi) is 5.26. The molecule has 1 N–H and O–H groups in total. The summed E-state index contributed by atoms with van der Waals surface area (Å²) < 4.78 is 11.2. The zero-order valence-corrected chi connectivity index (χ0v) is 14.5. The largest absolute Gasteiger partial charge is 0.497 e. The zero-order chi connectivity index (χ0) is 17.0. The number of hydrogen-bond acceptors (Lipinski definition) is 4. The number of pyridine rings is 1. The summed E-state index contributed by atoms with van der Waals surface area (Å²) in [5, 5.41) is 9.78. The second-order valence-electron chi connectivity index (χ2n) is 6.45. The van der Waals surface area contributed by atoms with Crippen LogP contribution in [0.2, 0.25) is 0 Å². The van der Waals surface area contributed by atoms with Gasteiger partial charge in [-0.25, -0.2) is 0 Å². The van der Waals surface area contributed by atoms with Crippen molar-refractivity contribution in [3.8, 4) is 22.6 Å². The fraction of sp³-hybridized carbons (Fsp3) is 0.421. The van der Waals surface area contributed by atoms with Gasteiger partial charge in [-0.1, -0.05) is 0 Å². The number of aryl methyl sites for hydroxylation is 2. The molecule has 0 amide bonds. The predicted molar refractivity (Wildman–Crippen MR) is 92.1 cm³/mol. The van der Waals surface area contributed by atoms with E-state index in [-0.39, 0.29) is 0 Å². The fourth-order valence-corrected chi connectivity index (χ4v) is 2.36. The molecule has 124 valence electrons. The van der Waals surface area contributed by atoms with Crippen LogP contribution in [0.15, 0.2) is 30.3 Å². The van der Waals surface area contributed by atoms with E-state index in [4.69, 9.17) is 9.47 Å². The van der Waals surface area contributed by atoms with Crippen LogP contribution in [-0.4, -0.2) is 29.4 Å². The summed E-state index contributed by atoms with van der Waals surface area (Å²) in [5.41, 5.74) is 3.33. The van der Waals surface area contributed by atoms with Gasteiger partial charge in [0.05, 0.1) is 19.3 Å². The molecular weight excluding hydrogens is 290 g/mol. The van der Waals surface area contributed by atoms with Crippen molar-refractivity contribution in [2.75, 3.05) is 13.7 Å². The summed E-state index contributed by atoms with van der Waals surface area (Å²) in [6.45, 7) is 7.96. The molecule has 1 aromatic heterocycles. The molecule has 0 atom stereocenters. The molecule has 0 fully saturated rings. The third-order valence-corrected chi connectivity index (χ3v) is 3.51. The van der Waals surface area contributed by atoms with Crippen LogP contribution in [-0.2, 0) is 0 Å². The first-order chi connectivity index (χ1) is 10.8. The van der Waals surface area contributed by atoms with Crippen LogP contribution < -0.4 is 9.47 Å². The van der Waals surface area contributed by atoms with E-state index in [1.165, 1.54) is 0 Å². The highest BCUT2D eigenvalue weighted by molar-refractivity contribution is 5.67. The third kappa shape index (κ3) is 5.25. The van der Waals surface area contributed by atoms with Crippen molar-refractivity contribution in [3.63, 3.8) is 0 Å². The van der Waals surface area contributed by atoms with E-state index in [9.17, 15) is 5.11 Å². The zero-order valence-electron chi connectivity index (χ0n) is 14.5. The average Bonchev–Trinajstić information content (AvgIpc) is 2.44. The first kappa shape index (κ1) is 17.3. The monoisotopic (exact) mass is 315 g/mol. The Morgan fingerprint density at radius 3 is 2.09 bits per heavy atom. The Labute approximate surface area is 138 Å². The molecule has 0 aliphatic rings. The number of methoxy groups -OCH3 is 1. The molecule has 4 heteroatoms. The van der Waals surface area contributed by atoms with Crippen LogP contribution in [0.3, 0.4) is 0 Å². The minimum Gasteiger partial charge on any atom is -0.497 e. The van der Waals surface area contributed by atoms with E-state index < -0.39 is 5.60 Å². The van der Waals surface area contributed by atoms with Crippen molar-refractivity contribution < 1.29 is 14.6 Å². The number of aromatic nitrogens is 1. The lowest BCUT2D eigenvalue weighted by atomic mass is 10.0. The van der Waals surface area contributed by atoms with Gasteiger partial charge in [0.1, 0.15) is 11.5 Å². The molecule has 0 saturated carbocycles. The van der Waals surface area contributed by atoms with Crippen molar-refractivity contribution in [2.24, 2.45) is 0 Å². The maximum Gasteiger partial charge on any atom is 0.123 e. The lowest BCUT2D eigenvalue weighted by molar-refractivity contribution is 0.0553. The van der Waals surface area contributed by atoms with Crippen molar-refractivity contribution in [3.05, 3.63) is 41.7 Å². The molecule has 0 aliphatic heterocycles. The van der Waals surface area contributed by atoms with Crippen LogP contribution in [0.25, 0.3) is 11.1 Å². The minimum absolute atomic E-state index is 0.449. The molecule has 0 aliphatic carbocycles. The summed E-state index contributed by atoms with van der Waals surface area (Å²) in [6, 6.07) is 9.91. The maximum absolute atomic E-state index is 9.78. The van der Waals surface area contributed by atoms with Gasteiger partial charge in [0, 0.05) is 23.9 Å². The van der Waals surface area contributed by atoms with Crippen molar-refractivity contribution in [1.29, 1.82) is 0 Å². The van der Waals surface area contributed by atoms with Gasteiger partial charge >= 0.3 is 0 Å². The van der Waals surface area contributed by atoms with Gasteiger partial charge in [0.25, 0.3) is 0 Å². The number of benzene rings is 1. The van der Waals surface area contributed by atoms with Gasteiger partial charge in [-0.3, -0.25) is 4.98 Å². The second-order valence-corrected chi connectivity index (χ2v) is 6.45. The molecule has 0 spiro atoms. The number of hydrogen-bond donors (Lipinski definition) is 1. The van der Waals surface area contributed by atoms with Gasteiger partial charge < -0.3 is 14.6 Å². The van der Waals surface area contributed by atoms with Crippen LogP contribution in [0, 0.1) is 13.8 Å². The fourth-order valence-electron chi connectivity index (χ4n) is 2.36. The Bertz CT molecular complexity index is 655.